The largest absolute Gasteiger partial charge is 0.379 e. The van der Waals surface area contributed by atoms with Gasteiger partial charge in [0.15, 0.2) is 0 Å². The molecule has 1 aromatic rings. The van der Waals surface area contributed by atoms with Crippen LogP contribution >= 0.6 is 11.5 Å². The molecule has 2 heterocycles. The van der Waals surface area contributed by atoms with Crippen molar-refractivity contribution in [2.24, 2.45) is 5.92 Å². The number of ether oxygens (including phenoxy) is 2. The Morgan fingerprint density at radius 3 is 3.09 bits per heavy atom. The molecule has 1 aliphatic heterocycles. The second-order valence-electron chi connectivity index (χ2n) is 6.06. The summed E-state index contributed by atoms with van der Waals surface area (Å²) in [5, 5.41) is 7.11. The van der Waals surface area contributed by atoms with Gasteiger partial charge >= 0.3 is 0 Å². The average Bonchev–Trinajstić information content (AvgIpc) is 3.24. The molecule has 7 heteroatoms. The van der Waals surface area contributed by atoms with Gasteiger partial charge in [-0.15, -0.1) is 5.10 Å². The fourth-order valence-electron chi connectivity index (χ4n) is 2.61. The highest BCUT2D eigenvalue weighted by Crippen LogP contribution is 2.30. The standard InChI is InChI=1S/C15H23N3O3S/c1-2-3-11-14(22-18-17-11)15(19)16-12-9-20-7-6-13(12)21-8-10-4-5-10/h10,12-13H,2-9H2,1H3,(H,16,19)/t12-,13+/m1/s1. The second-order valence-corrected chi connectivity index (χ2v) is 6.81. The van der Waals surface area contributed by atoms with Gasteiger partial charge in [-0.3, -0.25) is 4.79 Å². The van der Waals surface area contributed by atoms with Gasteiger partial charge in [-0.2, -0.15) is 0 Å². The first-order chi connectivity index (χ1) is 10.8. The number of nitrogens with one attached hydrogen (secondary N) is 1. The highest BCUT2D eigenvalue weighted by molar-refractivity contribution is 7.08. The van der Waals surface area contributed by atoms with Crippen LogP contribution in [-0.2, 0) is 15.9 Å². The van der Waals surface area contributed by atoms with E-state index < -0.39 is 0 Å². The molecular formula is C15H23N3O3S. The molecule has 2 fully saturated rings. The van der Waals surface area contributed by atoms with Crippen LogP contribution in [0.2, 0.25) is 0 Å². The summed E-state index contributed by atoms with van der Waals surface area (Å²) in [5.41, 5.74) is 0.789. The van der Waals surface area contributed by atoms with E-state index in [0.29, 0.717) is 18.1 Å². The Bertz CT molecular complexity index is 504. The zero-order valence-corrected chi connectivity index (χ0v) is 13.7. The second kappa shape index (κ2) is 7.48. The molecule has 1 saturated heterocycles. The van der Waals surface area contributed by atoms with Crippen LogP contribution in [0.15, 0.2) is 0 Å². The number of aromatic nitrogens is 2. The molecule has 1 saturated carbocycles. The molecule has 0 bridgehead atoms. The summed E-state index contributed by atoms with van der Waals surface area (Å²) < 4.78 is 15.4. The number of carbonyl (C=O) groups is 1. The zero-order valence-electron chi connectivity index (χ0n) is 12.9. The van der Waals surface area contributed by atoms with Crippen LogP contribution in [0.1, 0.15) is 48.0 Å². The topological polar surface area (TPSA) is 73.3 Å². The lowest BCUT2D eigenvalue weighted by Crippen LogP contribution is -2.50. The lowest BCUT2D eigenvalue weighted by atomic mass is 10.1. The number of rotatable bonds is 7. The van der Waals surface area contributed by atoms with Gasteiger partial charge in [-0.1, -0.05) is 17.8 Å². The molecule has 0 aromatic carbocycles. The lowest BCUT2D eigenvalue weighted by molar-refractivity contribution is -0.0567. The van der Waals surface area contributed by atoms with Gasteiger partial charge in [0.1, 0.15) is 4.88 Å². The quantitative estimate of drug-likeness (QED) is 0.827. The number of amides is 1. The van der Waals surface area contributed by atoms with Gasteiger partial charge in [0.2, 0.25) is 0 Å². The highest BCUT2D eigenvalue weighted by Gasteiger charge is 2.31. The van der Waals surface area contributed by atoms with Crippen molar-refractivity contribution in [1.82, 2.24) is 14.9 Å². The molecule has 122 valence electrons. The Morgan fingerprint density at radius 1 is 1.45 bits per heavy atom. The van der Waals surface area contributed by atoms with Crippen LogP contribution in [0.3, 0.4) is 0 Å². The molecule has 1 amide bonds. The first kappa shape index (κ1) is 15.8. The Morgan fingerprint density at radius 2 is 2.32 bits per heavy atom. The Labute approximate surface area is 134 Å². The molecule has 1 aromatic heterocycles. The molecule has 0 unspecified atom stereocenters. The molecule has 6 nitrogen and oxygen atoms in total. The molecule has 0 spiro atoms. The third-order valence-electron chi connectivity index (χ3n) is 4.10. The maximum atomic E-state index is 12.5. The van der Waals surface area contributed by atoms with E-state index in [1.54, 1.807) is 0 Å². The van der Waals surface area contributed by atoms with Crippen LogP contribution in [-0.4, -0.2) is 47.5 Å². The fraction of sp³-hybridized carbons (Fsp3) is 0.800. The maximum absolute atomic E-state index is 12.5. The SMILES string of the molecule is CCCc1nnsc1C(=O)N[C@@H]1COCC[C@@H]1OCC1CC1. The first-order valence-corrected chi connectivity index (χ1v) is 8.86. The van der Waals surface area contributed by atoms with E-state index in [1.165, 1.54) is 12.8 Å². The molecule has 2 aliphatic rings. The van der Waals surface area contributed by atoms with E-state index in [9.17, 15) is 4.79 Å². The van der Waals surface area contributed by atoms with Crippen LogP contribution in [0.4, 0.5) is 0 Å². The molecule has 22 heavy (non-hydrogen) atoms. The van der Waals surface area contributed by atoms with E-state index in [2.05, 4.69) is 21.8 Å². The van der Waals surface area contributed by atoms with E-state index in [4.69, 9.17) is 9.47 Å². The maximum Gasteiger partial charge on any atom is 0.265 e. The van der Waals surface area contributed by atoms with Crippen LogP contribution in [0.25, 0.3) is 0 Å². The van der Waals surface area contributed by atoms with Crippen molar-refractivity contribution >= 4 is 17.4 Å². The summed E-state index contributed by atoms with van der Waals surface area (Å²) >= 11 is 1.16. The minimum atomic E-state index is -0.103. The van der Waals surface area contributed by atoms with Gasteiger partial charge in [0, 0.05) is 13.2 Å². The van der Waals surface area contributed by atoms with Crippen molar-refractivity contribution < 1.29 is 14.3 Å². The summed E-state index contributed by atoms with van der Waals surface area (Å²) in [6.07, 6.45) is 5.16. The van der Waals surface area contributed by atoms with Crippen molar-refractivity contribution in [3.05, 3.63) is 10.6 Å². The molecule has 2 atom stereocenters. The van der Waals surface area contributed by atoms with Crippen molar-refractivity contribution in [1.29, 1.82) is 0 Å². The third kappa shape index (κ3) is 4.02. The Hall–Kier alpha value is -1.05. The van der Waals surface area contributed by atoms with E-state index >= 15 is 0 Å². The summed E-state index contributed by atoms with van der Waals surface area (Å²) in [4.78, 5) is 13.1. The first-order valence-electron chi connectivity index (χ1n) is 8.09. The summed E-state index contributed by atoms with van der Waals surface area (Å²) in [6.45, 7) is 4.08. The van der Waals surface area contributed by atoms with Crippen molar-refractivity contribution in [3.63, 3.8) is 0 Å². The number of nitrogens with zero attached hydrogens (tertiary/aromatic N) is 2. The van der Waals surface area contributed by atoms with Crippen LogP contribution in [0, 0.1) is 5.92 Å². The summed E-state index contributed by atoms with van der Waals surface area (Å²) in [5.74, 6) is 0.620. The minimum absolute atomic E-state index is 0.0498. The van der Waals surface area contributed by atoms with Crippen LogP contribution in [0.5, 0.6) is 0 Å². The van der Waals surface area contributed by atoms with Gasteiger partial charge in [0.25, 0.3) is 5.91 Å². The van der Waals surface area contributed by atoms with E-state index in [0.717, 1.165) is 49.0 Å². The van der Waals surface area contributed by atoms with E-state index in [-0.39, 0.29) is 18.1 Å². The summed E-state index contributed by atoms with van der Waals surface area (Å²) in [6, 6.07) is -0.0865. The fourth-order valence-corrected chi connectivity index (χ4v) is 3.22. The minimum Gasteiger partial charge on any atom is -0.379 e. The molecule has 1 N–H and O–H groups in total. The highest BCUT2D eigenvalue weighted by atomic mass is 32.1. The lowest BCUT2D eigenvalue weighted by Gasteiger charge is -2.32. The average molecular weight is 325 g/mol. The van der Waals surface area contributed by atoms with Crippen molar-refractivity contribution in [2.45, 2.75) is 51.2 Å². The van der Waals surface area contributed by atoms with Gasteiger partial charge in [-0.05, 0) is 43.1 Å². The number of hydrogen-bond donors (Lipinski definition) is 1. The third-order valence-corrected chi connectivity index (χ3v) is 4.87. The van der Waals surface area contributed by atoms with Crippen molar-refractivity contribution in [3.8, 4) is 0 Å². The number of carbonyl (C=O) groups excluding carboxylic acids is 1. The Kier molecular flexibility index (Phi) is 5.38. The Balaban J connectivity index is 1.58. The molecule has 1 aliphatic carbocycles. The predicted molar refractivity (Wildman–Crippen MR) is 83.1 cm³/mol. The van der Waals surface area contributed by atoms with E-state index in [1.807, 2.05) is 0 Å². The smallest absolute Gasteiger partial charge is 0.265 e. The molecule has 0 radical (unpaired) electrons. The van der Waals surface area contributed by atoms with Gasteiger partial charge in [0.05, 0.1) is 24.4 Å². The monoisotopic (exact) mass is 325 g/mol. The molecular weight excluding hydrogens is 302 g/mol. The number of hydrogen-bond acceptors (Lipinski definition) is 6. The zero-order chi connectivity index (χ0) is 15.4. The van der Waals surface area contributed by atoms with Crippen LogP contribution < -0.4 is 5.32 Å². The van der Waals surface area contributed by atoms with Gasteiger partial charge < -0.3 is 14.8 Å². The van der Waals surface area contributed by atoms with Crippen molar-refractivity contribution in [2.75, 3.05) is 19.8 Å². The molecule has 3 rings (SSSR count). The predicted octanol–water partition coefficient (Wildman–Crippen LogP) is 1.80. The summed E-state index contributed by atoms with van der Waals surface area (Å²) in [7, 11) is 0. The normalized spacial score (nSPS) is 25.1. The van der Waals surface area contributed by atoms with Gasteiger partial charge in [-0.25, -0.2) is 0 Å². The number of aryl methyl sites for hydroxylation is 1.